The first-order chi connectivity index (χ1) is 8.72. The number of anilines is 1. The number of piperazine rings is 1. The average molecular weight is 242 g/mol. The fraction of sp³-hybridized carbons (Fsp3) is 0.429. The second-order valence-corrected chi connectivity index (χ2v) is 5.11. The first-order valence-corrected chi connectivity index (χ1v) is 6.44. The Morgan fingerprint density at radius 2 is 1.94 bits per heavy atom. The summed E-state index contributed by atoms with van der Waals surface area (Å²) in [4.78, 5) is 11.2. The molecule has 4 heteroatoms. The smallest absolute Gasteiger partial charge is 0.129 e. The third-order valence-electron chi connectivity index (χ3n) is 3.36. The number of fused-ring (bicyclic) bond motifs is 1. The van der Waals surface area contributed by atoms with E-state index in [9.17, 15) is 0 Å². The van der Waals surface area contributed by atoms with Crippen LogP contribution >= 0.6 is 0 Å². The van der Waals surface area contributed by atoms with E-state index in [1.54, 1.807) is 6.20 Å². The molecular weight excluding hydrogens is 224 g/mol. The van der Waals surface area contributed by atoms with Crippen LogP contribution in [0.5, 0.6) is 0 Å². The van der Waals surface area contributed by atoms with E-state index in [1.165, 1.54) is 0 Å². The summed E-state index contributed by atoms with van der Waals surface area (Å²) in [5.41, 5.74) is 1.02. The molecule has 2 atom stereocenters. The Hall–Kier alpha value is -1.68. The van der Waals surface area contributed by atoms with E-state index >= 15 is 0 Å². The predicted molar refractivity (Wildman–Crippen MR) is 73.8 cm³/mol. The number of hydrogen-bond donors (Lipinski definition) is 1. The van der Waals surface area contributed by atoms with E-state index in [1.807, 2.05) is 12.3 Å². The van der Waals surface area contributed by atoms with Crippen LogP contribution in [0.3, 0.4) is 0 Å². The van der Waals surface area contributed by atoms with Gasteiger partial charge in [-0.3, -0.25) is 4.98 Å². The molecule has 18 heavy (non-hydrogen) atoms. The molecule has 1 fully saturated rings. The van der Waals surface area contributed by atoms with Gasteiger partial charge in [-0.2, -0.15) is 0 Å². The molecule has 0 spiro atoms. The Morgan fingerprint density at radius 1 is 1.17 bits per heavy atom. The molecule has 0 amide bonds. The van der Waals surface area contributed by atoms with E-state index in [2.05, 4.69) is 41.2 Å². The van der Waals surface area contributed by atoms with Crippen LogP contribution in [0.1, 0.15) is 13.8 Å². The number of nitrogens with zero attached hydrogens (tertiary/aromatic N) is 3. The van der Waals surface area contributed by atoms with Crippen LogP contribution in [0.4, 0.5) is 5.82 Å². The fourth-order valence-corrected chi connectivity index (χ4v) is 2.64. The van der Waals surface area contributed by atoms with Gasteiger partial charge in [0.15, 0.2) is 0 Å². The summed E-state index contributed by atoms with van der Waals surface area (Å²) in [5, 5.41) is 4.63. The molecule has 0 bridgehead atoms. The van der Waals surface area contributed by atoms with Crippen molar-refractivity contribution >= 4 is 16.7 Å². The Morgan fingerprint density at radius 3 is 2.72 bits per heavy atom. The lowest BCUT2D eigenvalue weighted by molar-refractivity contribution is 0.405. The minimum absolute atomic E-state index is 0.503. The van der Waals surface area contributed by atoms with Crippen molar-refractivity contribution in [1.82, 2.24) is 15.3 Å². The molecule has 0 unspecified atom stereocenters. The minimum atomic E-state index is 0.503. The third kappa shape index (κ3) is 2.16. The first kappa shape index (κ1) is 11.4. The number of pyridine rings is 2. The Labute approximate surface area is 107 Å². The zero-order valence-electron chi connectivity index (χ0n) is 10.8. The zero-order valence-corrected chi connectivity index (χ0v) is 10.8. The van der Waals surface area contributed by atoms with Crippen molar-refractivity contribution in [3.05, 3.63) is 30.6 Å². The van der Waals surface area contributed by atoms with Gasteiger partial charge in [0.1, 0.15) is 5.82 Å². The largest absolute Gasteiger partial charge is 0.353 e. The van der Waals surface area contributed by atoms with E-state index in [0.717, 1.165) is 29.8 Å². The van der Waals surface area contributed by atoms with Gasteiger partial charge >= 0.3 is 0 Å². The van der Waals surface area contributed by atoms with E-state index in [0.29, 0.717) is 12.1 Å². The maximum Gasteiger partial charge on any atom is 0.129 e. The Bertz CT molecular complexity index is 544. The van der Waals surface area contributed by atoms with Crippen LogP contribution in [-0.4, -0.2) is 35.1 Å². The van der Waals surface area contributed by atoms with Crippen molar-refractivity contribution < 1.29 is 0 Å². The second kappa shape index (κ2) is 4.53. The lowest BCUT2D eigenvalue weighted by Crippen LogP contribution is -2.54. The standard InChI is InChI=1S/C14H18N4/c1-10-8-18(9-11(2)16-10)14-4-3-12-7-15-6-5-13(12)17-14/h3-7,10-11,16H,8-9H2,1-2H3/t10-,11+. The predicted octanol–water partition coefficient (Wildman–Crippen LogP) is 1.82. The van der Waals surface area contributed by atoms with Gasteiger partial charge in [-0.25, -0.2) is 4.98 Å². The fourth-order valence-electron chi connectivity index (χ4n) is 2.64. The summed E-state index contributed by atoms with van der Waals surface area (Å²) in [6.45, 7) is 6.45. The lowest BCUT2D eigenvalue weighted by atomic mass is 10.1. The van der Waals surface area contributed by atoms with Crippen LogP contribution in [-0.2, 0) is 0 Å². The second-order valence-electron chi connectivity index (χ2n) is 5.11. The number of hydrogen-bond acceptors (Lipinski definition) is 4. The summed E-state index contributed by atoms with van der Waals surface area (Å²) >= 11 is 0. The SMILES string of the molecule is C[C@@H]1CN(c2ccc3cnccc3n2)C[C@H](C)N1. The quantitative estimate of drug-likeness (QED) is 0.828. The van der Waals surface area contributed by atoms with Gasteiger partial charge in [-0.1, -0.05) is 0 Å². The van der Waals surface area contributed by atoms with Crippen molar-refractivity contribution in [1.29, 1.82) is 0 Å². The molecular formula is C14H18N4. The molecule has 3 heterocycles. The molecule has 1 aliphatic heterocycles. The summed E-state index contributed by atoms with van der Waals surface area (Å²) in [5.74, 6) is 1.06. The van der Waals surface area contributed by atoms with E-state index in [-0.39, 0.29) is 0 Å². The van der Waals surface area contributed by atoms with Crippen molar-refractivity contribution in [3.8, 4) is 0 Å². The molecule has 3 rings (SSSR count). The zero-order chi connectivity index (χ0) is 12.5. The van der Waals surface area contributed by atoms with Gasteiger partial charge in [0.05, 0.1) is 5.52 Å². The molecule has 1 N–H and O–H groups in total. The Balaban J connectivity index is 1.93. The van der Waals surface area contributed by atoms with Gasteiger partial charge in [-0.05, 0) is 32.0 Å². The molecule has 94 valence electrons. The van der Waals surface area contributed by atoms with Gasteiger partial charge in [0.25, 0.3) is 0 Å². The first-order valence-electron chi connectivity index (χ1n) is 6.44. The molecule has 0 aliphatic carbocycles. The van der Waals surface area contributed by atoms with E-state index < -0.39 is 0 Å². The molecule has 1 saturated heterocycles. The Kier molecular flexibility index (Phi) is 2.88. The summed E-state index contributed by atoms with van der Waals surface area (Å²) in [6.07, 6.45) is 3.65. The highest BCUT2D eigenvalue weighted by molar-refractivity contribution is 5.79. The maximum absolute atomic E-state index is 4.73. The van der Waals surface area contributed by atoms with Crippen LogP contribution in [0.25, 0.3) is 10.9 Å². The molecule has 4 nitrogen and oxygen atoms in total. The molecule has 1 aliphatic rings. The molecule has 0 aromatic carbocycles. The number of rotatable bonds is 1. The topological polar surface area (TPSA) is 41.1 Å². The lowest BCUT2D eigenvalue weighted by Gasteiger charge is -2.37. The van der Waals surface area contributed by atoms with Crippen LogP contribution in [0.2, 0.25) is 0 Å². The highest BCUT2D eigenvalue weighted by Crippen LogP contribution is 2.19. The summed E-state index contributed by atoms with van der Waals surface area (Å²) < 4.78 is 0. The highest BCUT2D eigenvalue weighted by atomic mass is 15.3. The van der Waals surface area contributed by atoms with Gasteiger partial charge < -0.3 is 10.2 Å². The van der Waals surface area contributed by atoms with Gasteiger partial charge in [0.2, 0.25) is 0 Å². The average Bonchev–Trinajstić information content (AvgIpc) is 2.37. The monoisotopic (exact) mass is 242 g/mol. The minimum Gasteiger partial charge on any atom is -0.353 e. The molecule has 2 aromatic rings. The van der Waals surface area contributed by atoms with Crippen LogP contribution in [0.15, 0.2) is 30.6 Å². The summed E-state index contributed by atoms with van der Waals surface area (Å²) in [6, 6.07) is 7.16. The van der Waals surface area contributed by atoms with E-state index in [4.69, 9.17) is 4.98 Å². The molecule has 0 radical (unpaired) electrons. The molecule has 0 saturated carbocycles. The van der Waals surface area contributed by atoms with Crippen molar-refractivity contribution in [2.45, 2.75) is 25.9 Å². The number of aromatic nitrogens is 2. The van der Waals surface area contributed by atoms with Crippen LogP contribution < -0.4 is 10.2 Å². The van der Waals surface area contributed by atoms with Crippen molar-refractivity contribution in [3.63, 3.8) is 0 Å². The van der Waals surface area contributed by atoms with Gasteiger partial charge in [-0.15, -0.1) is 0 Å². The van der Waals surface area contributed by atoms with Crippen LogP contribution in [0, 0.1) is 0 Å². The molecule has 2 aromatic heterocycles. The third-order valence-corrected chi connectivity index (χ3v) is 3.36. The van der Waals surface area contributed by atoms with Crippen molar-refractivity contribution in [2.75, 3.05) is 18.0 Å². The van der Waals surface area contributed by atoms with Gasteiger partial charge in [0, 0.05) is 43.0 Å². The summed E-state index contributed by atoms with van der Waals surface area (Å²) in [7, 11) is 0. The maximum atomic E-state index is 4.73. The van der Waals surface area contributed by atoms with Crippen molar-refractivity contribution in [2.24, 2.45) is 0 Å². The number of nitrogens with one attached hydrogen (secondary N) is 1. The normalized spacial score (nSPS) is 24.4. The highest BCUT2D eigenvalue weighted by Gasteiger charge is 2.21.